The molecule has 0 aliphatic carbocycles. The Hall–Kier alpha value is -2.92. The first-order valence-corrected chi connectivity index (χ1v) is 7.93. The van der Waals surface area contributed by atoms with E-state index in [0.717, 1.165) is 10.8 Å². The minimum Gasteiger partial charge on any atom is -0.484 e. The van der Waals surface area contributed by atoms with Crippen molar-refractivity contribution in [3.63, 3.8) is 0 Å². The van der Waals surface area contributed by atoms with Crippen molar-refractivity contribution in [3.05, 3.63) is 78.1 Å². The molecule has 1 amide bonds. The number of fused-ring (bicyclic) bond motifs is 1. The number of hydrogen-bond donors (Lipinski definition) is 2. The van der Waals surface area contributed by atoms with Gasteiger partial charge in [-0.3, -0.25) is 4.79 Å². The van der Waals surface area contributed by atoms with Crippen LogP contribution in [0, 0.1) is 5.82 Å². The average molecular weight is 339 g/mol. The molecule has 0 aliphatic rings. The quantitative estimate of drug-likeness (QED) is 0.725. The second-order valence-electron chi connectivity index (χ2n) is 5.67. The summed E-state index contributed by atoms with van der Waals surface area (Å²) in [6.45, 7) is -0.111. The van der Waals surface area contributed by atoms with Gasteiger partial charge in [0.2, 0.25) is 0 Å². The number of carbonyl (C=O) groups excluding carboxylic acids is 1. The van der Waals surface area contributed by atoms with Crippen LogP contribution in [0.25, 0.3) is 10.8 Å². The highest BCUT2D eigenvalue weighted by Gasteiger charge is 2.10. The van der Waals surface area contributed by atoms with E-state index in [1.54, 1.807) is 0 Å². The molecule has 0 fully saturated rings. The van der Waals surface area contributed by atoms with Crippen molar-refractivity contribution in [1.29, 1.82) is 0 Å². The van der Waals surface area contributed by atoms with E-state index >= 15 is 0 Å². The van der Waals surface area contributed by atoms with E-state index in [0.29, 0.717) is 11.3 Å². The van der Waals surface area contributed by atoms with Gasteiger partial charge in [-0.05, 0) is 40.6 Å². The predicted molar refractivity (Wildman–Crippen MR) is 93.8 cm³/mol. The number of rotatable bonds is 6. The van der Waals surface area contributed by atoms with Crippen LogP contribution in [-0.4, -0.2) is 24.2 Å². The zero-order valence-electron chi connectivity index (χ0n) is 13.5. The maximum absolute atomic E-state index is 12.9. The Morgan fingerprint density at radius 2 is 1.76 bits per heavy atom. The molecule has 1 unspecified atom stereocenters. The Bertz CT molecular complexity index is 864. The third-order valence-electron chi connectivity index (χ3n) is 3.84. The maximum Gasteiger partial charge on any atom is 0.258 e. The molecule has 0 aromatic heterocycles. The van der Waals surface area contributed by atoms with Gasteiger partial charge in [0.15, 0.2) is 6.61 Å². The van der Waals surface area contributed by atoms with Crippen LogP contribution in [0.3, 0.4) is 0 Å². The van der Waals surface area contributed by atoms with Crippen molar-refractivity contribution in [1.82, 2.24) is 5.32 Å². The molecule has 2 N–H and O–H groups in total. The van der Waals surface area contributed by atoms with E-state index in [-0.39, 0.29) is 24.9 Å². The van der Waals surface area contributed by atoms with Gasteiger partial charge in [-0.25, -0.2) is 4.39 Å². The molecule has 25 heavy (non-hydrogen) atoms. The van der Waals surface area contributed by atoms with Crippen LogP contribution in [0.1, 0.15) is 11.7 Å². The summed E-state index contributed by atoms with van der Waals surface area (Å²) in [7, 11) is 0. The Labute approximate surface area is 144 Å². The van der Waals surface area contributed by atoms with Crippen LogP contribution in [0.5, 0.6) is 5.75 Å². The monoisotopic (exact) mass is 339 g/mol. The van der Waals surface area contributed by atoms with E-state index in [4.69, 9.17) is 4.74 Å². The summed E-state index contributed by atoms with van der Waals surface area (Å²) >= 11 is 0. The standard InChI is InChI=1S/C20H18FNO3/c21-17-8-5-15(6-9-17)19(23)12-22-20(24)13-25-18-10-7-14-3-1-2-4-16(14)11-18/h1-11,19,23H,12-13H2,(H,22,24). The third kappa shape index (κ3) is 4.55. The number of benzene rings is 3. The normalized spacial score (nSPS) is 11.9. The van der Waals surface area contributed by atoms with Crippen molar-refractivity contribution in [3.8, 4) is 5.75 Å². The minimum absolute atomic E-state index is 0.0333. The van der Waals surface area contributed by atoms with Crippen molar-refractivity contribution >= 4 is 16.7 Å². The van der Waals surface area contributed by atoms with Gasteiger partial charge in [-0.15, -0.1) is 0 Å². The maximum atomic E-state index is 12.9. The first-order chi connectivity index (χ1) is 12.1. The summed E-state index contributed by atoms with van der Waals surface area (Å²) in [4.78, 5) is 11.9. The topological polar surface area (TPSA) is 58.6 Å². The Balaban J connectivity index is 1.49. The van der Waals surface area contributed by atoms with Gasteiger partial charge in [-0.2, -0.15) is 0 Å². The molecule has 128 valence electrons. The summed E-state index contributed by atoms with van der Waals surface area (Å²) in [5.74, 6) is -0.106. The molecule has 0 heterocycles. The minimum atomic E-state index is -0.898. The van der Waals surface area contributed by atoms with Gasteiger partial charge in [0.25, 0.3) is 5.91 Å². The zero-order chi connectivity index (χ0) is 17.6. The van der Waals surface area contributed by atoms with E-state index < -0.39 is 6.10 Å². The van der Waals surface area contributed by atoms with Gasteiger partial charge < -0.3 is 15.2 Å². The van der Waals surface area contributed by atoms with E-state index in [1.807, 2.05) is 42.5 Å². The zero-order valence-corrected chi connectivity index (χ0v) is 13.5. The lowest BCUT2D eigenvalue weighted by atomic mass is 10.1. The predicted octanol–water partition coefficient (Wildman–Crippen LogP) is 3.21. The number of nitrogens with one attached hydrogen (secondary N) is 1. The fourth-order valence-corrected chi connectivity index (χ4v) is 2.47. The van der Waals surface area contributed by atoms with Crippen molar-refractivity contribution in [2.75, 3.05) is 13.2 Å². The highest BCUT2D eigenvalue weighted by Crippen LogP contribution is 2.20. The number of ether oxygens (including phenoxy) is 1. The molecule has 5 heteroatoms. The molecule has 0 bridgehead atoms. The number of amides is 1. The Kier molecular flexibility index (Phi) is 5.26. The number of aliphatic hydroxyl groups is 1. The molecular weight excluding hydrogens is 321 g/mol. The number of halogens is 1. The van der Waals surface area contributed by atoms with Crippen molar-refractivity contribution in [2.45, 2.75) is 6.10 Å². The van der Waals surface area contributed by atoms with Crippen LogP contribution >= 0.6 is 0 Å². The molecule has 0 aliphatic heterocycles. The smallest absolute Gasteiger partial charge is 0.258 e. The molecular formula is C20H18FNO3. The highest BCUT2D eigenvalue weighted by atomic mass is 19.1. The van der Waals surface area contributed by atoms with Crippen molar-refractivity contribution < 1.29 is 19.0 Å². The van der Waals surface area contributed by atoms with Crippen LogP contribution in [0.15, 0.2) is 66.7 Å². The Morgan fingerprint density at radius 3 is 2.52 bits per heavy atom. The van der Waals surface area contributed by atoms with E-state index in [2.05, 4.69) is 5.32 Å². The molecule has 0 saturated heterocycles. The number of carbonyl (C=O) groups is 1. The molecule has 3 aromatic carbocycles. The van der Waals surface area contributed by atoms with Gasteiger partial charge in [-0.1, -0.05) is 42.5 Å². The molecule has 0 spiro atoms. The van der Waals surface area contributed by atoms with Crippen LogP contribution in [0.4, 0.5) is 4.39 Å². The largest absolute Gasteiger partial charge is 0.484 e. The highest BCUT2D eigenvalue weighted by molar-refractivity contribution is 5.84. The van der Waals surface area contributed by atoms with Gasteiger partial charge in [0.1, 0.15) is 11.6 Å². The Morgan fingerprint density at radius 1 is 1.04 bits per heavy atom. The molecule has 3 rings (SSSR count). The summed E-state index contributed by atoms with van der Waals surface area (Å²) in [6.07, 6.45) is -0.898. The van der Waals surface area contributed by atoms with E-state index in [9.17, 15) is 14.3 Å². The molecule has 3 aromatic rings. The summed E-state index contributed by atoms with van der Waals surface area (Å²) < 4.78 is 18.3. The van der Waals surface area contributed by atoms with Crippen LogP contribution < -0.4 is 10.1 Å². The number of hydrogen-bond acceptors (Lipinski definition) is 3. The summed E-state index contributed by atoms with van der Waals surface area (Å²) in [5.41, 5.74) is 0.539. The SMILES string of the molecule is O=C(COc1ccc2ccccc2c1)NCC(O)c1ccc(F)cc1. The van der Waals surface area contributed by atoms with E-state index in [1.165, 1.54) is 24.3 Å². The fourth-order valence-electron chi connectivity index (χ4n) is 2.47. The van der Waals surface area contributed by atoms with Gasteiger partial charge in [0, 0.05) is 6.54 Å². The van der Waals surface area contributed by atoms with Gasteiger partial charge in [0.05, 0.1) is 6.10 Å². The van der Waals surface area contributed by atoms with Crippen molar-refractivity contribution in [2.24, 2.45) is 0 Å². The average Bonchev–Trinajstić information content (AvgIpc) is 2.65. The lowest BCUT2D eigenvalue weighted by Crippen LogP contribution is -2.32. The van der Waals surface area contributed by atoms with Crippen LogP contribution in [-0.2, 0) is 4.79 Å². The number of aliphatic hydroxyl groups excluding tert-OH is 1. The first kappa shape index (κ1) is 16.9. The summed E-state index contributed by atoms with van der Waals surface area (Å²) in [6, 6.07) is 19.0. The van der Waals surface area contributed by atoms with Crippen LogP contribution in [0.2, 0.25) is 0 Å². The molecule has 4 nitrogen and oxygen atoms in total. The molecule has 1 atom stereocenters. The summed E-state index contributed by atoms with van der Waals surface area (Å²) in [5, 5.41) is 14.7. The molecule has 0 saturated carbocycles. The second-order valence-corrected chi connectivity index (χ2v) is 5.67. The fraction of sp³-hybridized carbons (Fsp3) is 0.150. The lowest BCUT2D eigenvalue weighted by Gasteiger charge is -2.13. The molecule has 0 radical (unpaired) electrons. The third-order valence-corrected chi connectivity index (χ3v) is 3.84. The van der Waals surface area contributed by atoms with Gasteiger partial charge >= 0.3 is 0 Å². The second kappa shape index (κ2) is 7.77. The lowest BCUT2D eigenvalue weighted by molar-refractivity contribution is -0.123. The first-order valence-electron chi connectivity index (χ1n) is 7.93.